The minimum absolute atomic E-state index is 0.0108. The molecule has 9 nitrogen and oxygen atoms in total. The van der Waals surface area contributed by atoms with Gasteiger partial charge in [-0.3, -0.25) is 14.7 Å². The molecule has 4 rings (SSSR count). The van der Waals surface area contributed by atoms with E-state index in [0.717, 1.165) is 36.2 Å². The summed E-state index contributed by atoms with van der Waals surface area (Å²) in [6, 6.07) is 1.62. The van der Waals surface area contributed by atoms with Crippen molar-refractivity contribution in [2.75, 3.05) is 25.5 Å². The zero-order valence-electron chi connectivity index (χ0n) is 17.0. The van der Waals surface area contributed by atoms with Gasteiger partial charge in [0, 0.05) is 25.8 Å². The lowest BCUT2D eigenvalue weighted by atomic mass is 9.87. The van der Waals surface area contributed by atoms with Gasteiger partial charge in [-0.05, 0) is 43.7 Å². The number of nitrogens with zero attached hydrogens (tertiary/aromatic N) is 4. The Morgan fingerprint density at radius 1 is 1.28 bits per heavy atom. The Kier molecular flexibility index (Phi) is 5.21. The van der Waals surface area contributed by atoms with Crippen LogP contribution in [0, 0.1) is 12.8 Å². The third-order valence-electron chi connectivity index (χ3n) is 5.88. The van der Waals surface area contributed by atoms with Gasteiger partial charge in [-0.15, -0.1) is 0 Å². The second-order valence-corrected chi connectivity index (χ2v) is 8.02. The number of aromatic amines is 1. The van der Waals surface area contributed by atoms with E-state index >= 15 is 0 Å². The molecule has 29 heavy (non-hydrogen) atoms. The number of carbonyl (C=O) groups is 2. The molecular weight excluding hydrogens is 370 g/mol. The largest absolute Gasteiger partial charge is 0.357 e. The van der Waals surface area contributed by atoms with Crippen LogP contribution < -0.4 is 10.6 Å². The van der Waals surface area contributed by atoms with Gasteiger partial charge in [0.2, 0.25) is 11.9 Å². The predicted octanol–water partition coefficient (Wildman–Crippen LogP) is 1.25. The summed E-state index contributed by atoms with van der Waals surface area (Å²) in [6.45, 7) is 4.96. The van der Waals surface area contributed by atoms with Gasteiger partial charge in [0.05, 0.1) is 23.9 Å². The van der Waals surface area contributed by atoms with E-state index in [1.807, 2.05) is 13.1 Å². The van der Waals surface area contributed by atoms with Crippen LogP contribution in [0.3, 0.4) is 0 Å². The number of fused-ring (bicyclic) bond motifs is 1. The number of carbonyl (C=O) groups excluding carboxylic acids is 2. The van der Waals surface area contributed by atoms with Gasteiger partial charge in [-0.2, -0.15) is 5.10 Å². The summed E-state index contributed by atoms with van der Waals surface area (Å²) in [7, 11) is 1.73. The van der Waals surface area contributed by atoms with E-state index in [2.05, 4.69) is 37.7 Å². The maximum Gasteiger partial charge on any atom is 0.272 e. The first-order chi connectivity index (χ1) is 14.0. The van der Waals surface area contributed by atoms with Crippen molar-refractivity contribution in [2.24, 2.45) is 5.92 Å². The molecule has 2 aromatic heterocycles. The molecule has 154 valence electrons. The van der Waals surface area contributed by atoms with Gasteiger partial charge in [-0.25, -0.2) is 9.97 Å². The van der Waals surface area contributed by atoms with E-state index in [0.29, 0.717) is 24.7 Å². The van der Waals surface area contributed by atoms with Gasteiger partial charge < -0.3 is 15.5 Å². The minimum Gasteiger partial charge on any atom is -0.357 e. The second-order valence-electron chi connectivity index (χ2n) is 8.02. The highest BCUT2D eigenvalue weighted by atomic mass is 16.2. The number of nitrogens with one attached hydrogen (secondary N) is 3. The smallest absolute Gasteiger partial charge is 0.272 e. The Hall–Kier alpha value is -2.97. The first-order valence-electron chi connectivity index (χ1n) is 10.1. The van der Waals surface area contributed by atoms with Gasteiger partial charge in [-0.1, -0.05) is 6.92 Å². The van der Waals surface area contributed by atoms with Gasteiger partial charge in [0.25, 0.3) is 5.91 Å². The number of hydrogen-bond acceptors (Lipinski definition) is 6. The highest BCUT2D eigenvalue weighted by Crippen LogP contribution is 2.30. The van der Waals surface area contributed by atoms with Crippen LogP contribution in [0.15, 0.2) is 12.3 Å². The van der Waals surface area contributed by atoms with Crippen LogP contribution in [0.1, 0.15) is 53.1 Å². The van der Waals surface area contributed by atoms with E-state index in [9.17, 15) is 9.59 Å². The van der Waals surface area contributed by atoms with Crippen molar-refractivity contribution in [2.45, 2.75) is 45.1 Å². The quantitative estimate of drug-likeness (QED) is 0.715. The predicted molar refractivity (Wildman–Crippen MR) is 108 cm³/mol. The van der Waals surface area contributed by atoms with E-state index in [-0.39, 0.29) is 29.7 Å². The Bertz CT molecular complexity index is 925. The van der Waals surface area contributed by atoms with Crippen LogP contribution in [-0.4, -0.2) is 63.1 Å². The van der Waals surface area contributed by atoms with Gasteiger partial charge >= 0.3 is 0 Å². The third-order valence-corrected chi connectivity index (χ3v) is 5.88. The molecule has 2 aliphatic rings. The van der Waals surface area contributed by atoms with Crippen molar-refractivity contribution in [3.63, 3.8) is 0 Å². The fourth-order valence-corrected chi connectivity index (χ4v) is 4.28. The molecule has 0 radical (unpaired) electrons. The SMILES string of the molecule is CNc1nc(C)cc(C(=O)N2C[C@@H](C)[C@@H](NC(=O)C3CCCc4cn[nH]c43)C2)n1. The summed E-state index contributed by atoms with van der Waals surface area (Å²) in [6.07, 6.45) is 4.58. The molecule has 1 fully saturated rings. The summed E-state index contributed by atoms with van der Waals surface area (Å²) in [5, 5.41) is 13.1. The molecule has 2 aromatic rings. The fraction of sp³-hybridized carbons (Fsp3) is 0.550. The third kappa shape index (κ3) is 3.81. The normalized spacial score (nSPS) is 23.6. The van der Waals surface area contributed by atoms with E-state index < -0.39 is 0 Å². The van der Waals surface area contributed by atoms with E-state index in [4.69, 9.17) is 0 Å². The number of H-pyrrole nitrogens is 1. The molecule has 2 amide bonds. The first kappa shape index (κ1) is 19.4. The molecule has 9 heteroatoms. The van der Waals surface area contributed by atoms with Crippen LogP contribution in [0.25, 0.3) is 0 Å². The average Bonchev–Trinajstić information content (AvgIpc) is 3.33. The Morgan fingerprint density at radius 3 is 2.90 bits per heavy atom. The monoisotopic (exact) mass is 397 g/mol. The fourth-order valence-electron chi connectivity index (χ4n) is 4.28. The van der Waals surface area contributed by atoms with Crippen LogP contribution in [0.4, 0.5) is 5.95 Å². The molecule has 0 aromatic carbocycles. The highest BCUT2D eigenvalue weighted by Gasteiger charge is 2.37. The molecule has 3 heterocycles. The average molecular weight is 397 g/mol. The Labute approximate surface area is 169 Å². The number of hydrogen-bond donors (Lipinski definition) is 3. The lowest BCUT2D eigenvalue weighted by Crippen LogP contribution is -2.43. The standard InChI is InChI=1S/C20H27N7O2/c1-11-9-27(19(29)15-7-12(2)23-20(21-3)25-15)10-16(11)24-18(28)14-6-4-5-13-8-22-26-17(13)14/h7-8,11,14,16H,4-6,9-10H2,1-3H3,(H,22,26)(H,24,28)(H,21,23,25)/t11-,14?,16+/m1/s1. The van der Waals surface area contributed by atoms with E-state index in [1.165, 1.54) is 0 Å². The zero-order valence-corrected chi connectivity index (χ0v) is 17.0. The topological polar surface area (TPSA) is 116 Å². The summed E-state index contributed by atoms with van der Waals surface area (Å²) >= 11 is 0. The molecule has 0 bridgehead atoms. The molecule has 1 aliphatic carbocycles. The Morgan fingerprint density at radius 2 is 2.10 bits per heavy atom. The lowest BCUT2D eigenvalue weighted by Gasteiger charge is -2.24. The molecular formula is C20H27N7O2. The molecule has 1 saturated heterocycles. The van der Waals surface area contributed by atoms with Crippen molar-refractivity contribution in [1.82, 2.24) is 30.4 Å². The number of anilines is 1. The number of aryl methyl sites for hydroxylation is 2. The van der Waals surface area contributed by atoms with Gasteiger partial charge in [0.15, 0.2) is 0 Å². The van der Waals surface area contributed by atoms with Crippen molar-refractivity contribution in [3.05, 3.63) is 34.9 Å². The number of aromatic nitrogens is 4. The van der Waals surface area contributed by atoms with Crippen LogP contribution in [-0.2, 0) is 11.2 Å². The number of amides is 2. The number of likely N-dealkylation sites (tertiary alicyclic amines) is 1. The molecule has 1 unspecified atom stereocenters. The summed E-state index contributed by atoms with van der Waals surface area (Å²) in [5.41, 5.74) is 3.17. The van der Waals surface area contributed by atoms with Crippen LogP contribution >= 0.6 is 0 Å². The van der Waals surface area contributed by atoms with Crippen molar-refractivity contribution in [3.8, 4) is 0 Å². The zero-order chi connectivity index (χ0) is 20.5. The number of rotatable bonds is 4. The Balaban J connectivity index is 1.43. The van der Waals surface area contributed by atoms with Crippen molar-refractivity contribution >= 4 is 17.8 Å². The van der Waals surface area contributed by atoms with Crippen molar-refractivity contribution in [1.29, 1.82) is 0 Å². The highest BCUT2D eigenvalue weighted by molar-refractivity contribution is 5.93. The molecule has 0 saturated carbocycles. The van der Waals surface area contributed by atoms with E-state index in [1.54, 1.807) is 18.0 Å². The summed E-state index contributed by atoms with van der Waals surface area (Å²) in [5.74, 6) is 0.277. The maximum absolute atomic E-state index is 13.0. The maximum atomic E-state index is 13.0. The molecule has 3 atom stereocenters. The summed E-state index contributed by atoms with van der Waals surface area (Å²) < 4.78 is 0. The van der Waals surface area contributed by atoms with Crippen molar-refractivity contribution < 1.29 is 9.59 Å². The first-order valence-corrected chi connectivity index (χ1v) is 10.1. The molecule has 0 spiro atoms. The molecule has 3 N–H and O–H groups in total. The van der Waals surface area contributed by atoms with Crippen LogP contribution in [0.5, 0.6) is 0 Å². The minimum atomic E-state index is -0.194. The van der Waals surface area contributed by atoms with Gasteiger partial charge in [0.1, 0.15) is 5.69 Å². The van der Waals surface area contributed by atoms with Crippen LogP contribution in [0.2, 0.25) is 0 Å². The molecule has 1 aliphatic heterocycles. The lowest BCUT2D eigenvalue weighted by molar-refractivity contribution is -0.123. The second kappa shape index (κ2) is 7.81. The summed E-state index contributed by atoms with van der Waals surface area (Å²) in [4.78, 5) is 36.2.